The van der Waals surface area contributed by atoms with Crippen LogP contribution in [0.5, 0.6) is 0 Å². The van der Waals surface area contributed by atoms with Gasteiger partial charge in [-0.05, 0) is 44.1 Å². The molecule has 0 atom stereocenters. The van der Waals surface area contributed by atoms with E-state index in [9.17, 15) is 0 Å². The highest BCUT2D eigenvalue weighted by molar-refractivity contribution is 5.84. The molecular weight excluding hydrogens is 274 g/mol. The van der Waals surface area contributed by atoms with Crippen LogP contribution in [0, 0.1) is 0 Å². The van der Waals surface area contributed by atoms with Crippen molar-refractivity contribution in [1.82, 2.24) is 24.9 Å². The van der Waals surface area contributed by atoms with Crippen molar-refractivity contribution in [2.24, 2.45) is 0 Å². The molecule has 0 saturated carbocycles. The number of hydrogen-bond acceptors (Lipinski definition) is 3. The second kappa shape index (κ2) is 5.93. The third kappa shape index (κ3) is 2.76. The van der Waals surface area contributed by atoms with Crippen molar-refractivity contribution >= 4 is 10.9 Å². The van der Waals surface area contributed by atoms with Crippen LogP contribution in [0.4, 0.5) is 0 Å². The maximum absolute atomic E-state index is 4.33. The minimum Gasteiger partial charge on any atom is -0.361 e. The Hall–Kier alpha value is -2.14. The maximum Gasteiger partial charge on any atom is 0.113 e. The number of nitrogens with one attached hydrogen (secondary N) is 1. The van der Waals surface area contributed by atoms with E-state index >= 15 is 0 Å². The Labute approximate surface area is 129 Å². The molecule has 4 rings (SSSR count). The Bertz CT molecular complexity index is 751. The zero-order valence-electron chi connectivity index (χ0n) is 12.7. The van der Waals surface area contributed by atoms with Crippen molar-refractivity contribution in [2.45, 2.75) is 25.8 Å². The highest BCUT2D eigenvalue weighted by Crippen LogP contribution is 2.22. The molecule has 3 aromatic rings. The molecule has 1 aliphatic heterocycles. The minimum atomic E-state index is 0.916. The minimum absolute atomic E-state index is 0.916. The summed E-state index contributed by atoms with van der Waals surface area (Å²) < 4.78 is 1.96. The number of aromatic nitrogens is 4. The van der Waals surface area contributed by atoms with Crippen LogP contribution in [-0.2, 0) is 6.54 Å². The molecule has 22 heavy (non-hydrogen) atoms. The lowest BCUT2D eigenvalue weighted by molar-refractivity contribution is 0.217. The standard InChI is InChI=1S/C17H21N5/c1-2-8-21(9-3-1)10-11-22-13-17(19-20-22)14-4-5-16-15(12-14)6-7-18-16/h4-7,12-13,18H,1-3,8-11H2. The molecule has 5 heteroatoms. The van der Waals surface area contributed by atoms with E-state index in [1.807, 2.05) is 10.9 Å². The molecule has 2 aromatic heterocycles. The van der Waals surface area contributed by atoms with Crippen molar-refractivity contribution in [3.63, 3.8) is 0 Å². The van der Waals surface area contributed by atoms with Crippen LogP contribution >= 0.6 is 0 Å². The lowest BCUT2D eigenvalue weighted by Crippen LogP contribution is -2.32. The second-order valence-electron chi connectivity index (χ2n) is 6.05. The van der Waals surface area contributed by atoms with Gasteiger partial charge in [0.05, 0.1) is 12.7 Å². The number of fused-ring (bicyclic) bond motifs is 1. The van der Waals surface area contributed by atoms with E-state index in [0.717, 1.165) is 29.9 Å². The van der Waals surface area contributed by atoms with Gasteiger partial charge in [0.25, 0.3) is 0 Å². The molecular formula is C17H21N5. The van der Waals surface area contributed by atoms with Crippen molar-refractivity contribution in [3.8, 4) is 11.3 Å². The van der Waals surface area contributed by atoms with Gasteiger partial charge in [0, 0.05) is 29.2 Å². The molecule has 0 radical (unpaired) electrons. The van der Waals surface area contributed by atoms with E-state index in [4.69, 9.17) is 0 Å². The number of hydrogen-bond donors (Lipinski definition) is 1. The van der Waals surface area contributed by atoms with Gasteiger partial charge >= 0.3 is 0 Å². The first kappa shape index (κ1) is 13.5. The van der Waals surface area contributed by atoms with Crippen LogP contribution in [-0.4, -0.2) is 44.5 Å². The molecule has 3 heterocycles. The zero-order valence-corrected chi connectivity index (χ0v) is 12.7. The fourth-order valence-electron chi connectivity index (χ4n) is 3.18. The molecule has 1 fully saturated rings. The first-order chi connectivity index (χ1) is 10.9. The quantitative estimate of drug-likeness (QED) is 0.805. The lowest BCUT2D eigenvalue weighted by atomic mass is 10.1. The first-order valence-corrected chi connectivity index (χ1v) is 8.08. The third-order valence-corrected chi connectivity index (χ3v) is 4.48. The predicted octanol–water partition coefficient (Wildman–Crippen LogP) is 2.91. The molecule has 0 spiro atoms. The summed E-state index contributed by atoms with van der Waals surface area (Å²) in [6.45, 7) is 4.44. The van der Waals surface area contributed by atoms with Crippen molar-refractivity contribution in [3.05, 3.63) is 36.7 Å². The van der Waals surface area contributed by atoms with Gasteiger partial charge in [0.15, 0.2) is 0 Å². The van der Waals surface area contributed by atoms with Gasteiger partial charge < -0.3 is 9.88 Å². The lowest BCUT2D eigenvalue weighted by Gasteiger charge is -2.25. The number of benzene rings is 1. The summed E-state index contributed by atoms with van der Waals surface area (Å²) in [5.41, 5.74) is 3.22. The van der Waals surface area contributed by atoms with E-state index in [1.54, 1.807) is 0 Å². The van der Waals surface area contributed by atoms with Crippen LogP contribution in [0.1, 0.15) is 19.3 Å². The van der Waals surface area contributed by atoms with Crippen LogP contribution < -0.4 is 0 Å². The Morgan fingerprint density at radius 3 is 2.86 bits per heavy atom. The van der Waals surface area contributed by atoms with E-state index in [2.05, 4.69) is 50.7 Å². The van der Waals surface area contributed by atoms with Crippen molar-refractivity contribution < 1.29 is 0 Å². The van der Waals surface area contributed by atoms with Gasteiger partial charge in [-0.1, -0.05) is 17.7 Å². The Morgan fingerprint density at radius 2 is 1.95 bits per heavy atom. The summed E-state index contributed by atoms with van der Waals surface area (Å²) in [5.74, 6) is 0. The monoisotopic (exact) mass is 295 g/mol. The number of aromatic amines is 1. The highest BCUT2D eigenvalue weighted by atomic mass is 15.4. The van der Waals surface area contributed by atoms with E-state index in [0.29, 0.717) is 0 Å². The Balaban J connectivity index is 1.46. The number of likely N-dealkylation sites (tertiary alicyclic amines) is 1. The maximum atomic E-state index is 4.33. The van der Waals surface area contributed by atoms with E-state index in [1.165, 1.54) is 37.7 Å². The summed E-state index contributed by atoms with van der Waals surface area (Å²) >= 11 is 0. The molecule has 0 amide bonds. The zero-order chi connectivity index (χ0) is 14.8. The fourth-order valence-corrected chi connectivity index (χ4v) is 3.18. The molecule has 114 valence electrons. The summed E-state index contributed by atoms with van der Waals surface area (Å²) in [4.78, 5) is 5.74. The summed E-state index contributed by atoms with van der Waals surface area (Å²) in [5, 5.41) is 9.81. The molecule has 5 nitrogen and oxygen atoms in total. The number of piperidine rings is 1. The summed E-state index contributed by atoms with van der Waals surface area (Å²) in [6, 6.07) is 8.43. The van der Waals surface area contributed by atoms with Gasteiger partial charge in [-0.2, -0.15) is 0 Å². The third-order valence-electron chi connectivity index (χ3n) is 4.48. The normalized spacial score (nSPS) is 16.4. The molecule has 0 unspecified atom stereocenters. The van der Waals surface area contributed by atoms with Crippen LogP contribution in [0.2, 0.25) is 0 Å². The average molecular weight is 295 g/mol. The molecule has 1 aliphatic rings. The molecule has 1 N–H and O–H groups in total. The van der Waals surface area contributed by atoms with Crippen LogP contribution in [0.15, 0.2) is 36.7 Å². The number of H-pyrrole nitrogens is 1. The second-order valence-corrected chi connectivity index (χ2v) is 6.05. The summed E-state index contributed by atoms with van der Waals surface area (Å²) in [6.07, 6.45) is 8.06. The van der Waals surface area contributed by atoms with E-state index < -0.39 is 0 Å². The topological polar surface area (TPSA) is 49.7 Å². The van der Waals surface area contributed by atoms with Gasteiger partial charge in [-0.3, -0.25) is 4.68 Å². The van der Waals surface area contributed by atoms with Gasteiger partial charge in [-0.15, -0.1) is 5.10 Å². The molecule has 1 saturated heterocycles. The van der Waals surface area contributed by atoms with Crippen LogP contribution in [0.25, 0.3) is 22.2 Å². The van der Waals surface area contributed by atoms with Crippen LogP contribution in [0.3, 0.4) is 0 Å². The van der Waals surface area contributed by atoms with Gasteiger partial charge in [0.1, 0.15) is 5.69 Å². The highest BCUT2D eigenvalue weighted by Gasteiger charge is 2.10. The SMILES string of the molecule is c1cc2cc(-c3cn(CCN4CCCCC4)nn3)ccc2[nH]1. The largest absolute Gasteiger partial charge is 0.361 e. The summed E-state index contributed by atoms with van der Waals surface area (Å²) in [7, 11) is 0. The van der Waals surface area contributed by atoms with Crippen molar-refractivity contribution in [1.29, 1.82) is 0 Å². The number of nitrogens with zero attached hydrogens (tertiary/aromatic N) is 4. The van der Waals surface area contributed by atoms with E-state index in [-0.39, 0.29) is 0 Å². The average Bonchev–Trinajstić information content (AvgIpc) is 3.22. The molecule has 0 aliphatic carbocycles. The van der Waals surface area contributed by atoms with Crippen molar-refractivity contribution in [2.75, 3.05) is 19.6 Å². The molecule has 1 aromatic carbocycles. The van der Waals surface area contributed by atoms with Gasteiger partial charge in [-0.25, -0.2) is 0 Å². The Kier molecular flexibility index (Phi) is 3.64. The molecule has 0 bridgehead atoms. The fraction of sp³-hybridized carbons (Fsp3) is 0.412. The predicted molar refractivity (Wildman–Crippen MR) is 87.6 cm³/mol. The number of rotatable bonds is 4. The first-order valence-electron chi connectivity index (χ1n) is 8.08. The van der Waals surface area contributed by atoms with Gasteiger partial charge in [0.2, 0.25) is 0 Å². The smallest absolute Gasteiger partial charge is 0.113 e. The Morgan fingerprint density at radius 1 is 1.05 bits per heavy atom.